The standard InChI is InChI=1S/C21H24N2O2S/c1-2-15-6-3-4-8-19(15)23-13-16(12-20(23)24)21(25)22(17-9-10-17)14-18-7-5-11-26-18/h3-8,11,16-17H,2,9-10,12-14H2,1H3. The first-order valence-corrected chi connectivity index (χ1v) is 10.3. The van der Waals surface area contributed by atoms with Gasteiger partial charge in [0.2, 0.25) is 11.8 Å². The molecule has 2 fully saturated rings. The third kappa shape index (κ3) is 3.40. The van der Waals surface area contributed by atoms with Gasteiger partial charge in [-0.3, -0.25) is 9.59 Å². The molecular formula is C21H24N2O2S. The maximum absolute atomic E-state index is 13.2. The second kappa shape index (κ2) is 7.23. The number of benzene rings is 1. The van der Waals surface area contributed by atoms with E-state index in [1.54, 1.807) is 11.3 Å². The molecule has 1 aromatic carbocycles. The Morgan fingerprint density at radius 3 is 2.73 bits per heavy atom. The van der Waals surface area contributed by atoms with Crippen molar-refractivity contribution < 1.29 is 9.59 Å². The van der Waals surface area contributed by atoms with Gasteiger partial charge in [0.25, 0.3) is 0 Å². The summed E-state index contributed by atoms with van der Waals surface area (Å²) in [7, 11) is 0. The van der Waals surface area contributed by atoms with Gasteiger partial charge in [-0.1, -0.05) is 31.2 Å². The van der Waals surface area contributed by atoms with Crippen molar-refractivity contribution in [2.24, 2.45) is 5.92 Å². The second-order valence-electron chi connectivity index (χ2n) is 7.16. The number of anilines is 1. The van der Waals surface area contributed by atoms with Crippen LogP contribution in [0.1, 0.15) is 36.6 Å². The lowest BCUT2D eigenvalue weighted by Gasteiger charge is -2.25. The van der Waals surface area contributed by atoms with Gasteiger partial charge in [-0.15, -0.1) is 11.3 Å². The predicted octanol–water partition coefficient (Wildman–Crippen LogP) is 3.85. The van der Waals surface area contributed by atoms with Crippen molar-refractivity contribution in [3.05, 3.63) is 52.2 Å². The molecule has 4 nitrogen and oxygen atoms in total. The van der Waals surface area contributed by atoms with Gasteiger partial charge >= 0.3 is 0 Å². The number of amides is 2. The van der Waals surface area contributed by atoms with E-state index in [4.69, 9.17) is 0 Å². The third-order valence-electron chi connectivity index (χ3n) is 5.31. The van der Waals surface area contributed by atoms with Crippen molar-refractivity contribution in [2.75, 3.05) is 11.4 Å². The summed E-state index contributed by atoms with van der Waals surface area (Å²) >= 11 is 1.69. The average molecular weight is 369 g/mol. The van der Waals surface area contributed by atoms with Crippen LogP contribution < -0.4 is 4.90 Å². The highest BCUT2D eigenvalue weighted by molar-refractivity contribution is 7.09. The lowest BCUT2D eigenvalue weighted by Crippen LogP contribution is -2.38. The number of carbonyl (C=O) groups excluding carboxylic acids is 2. The lowest BCUT2D eigenvalue weighted by atomic mass is 10.1. The number of rotatable bonds is 6. The molecule has 0 radical (unpaired) electrons. The maximum Gasteiger partial charge on any atom is 0.228 e. The molecule has 5 heteroatoms. The van der Waals surface area contributed by atoms with Crippen LogP contribution in [0.2, 0.25) is 0 Å². The van der Waals surface area contributed by atoms with Gasteiger partial charge < -0.3 is 9.80 Å². The highest BCUT2D eigenvalue weighted by Gasteiger charge is 2.41. The summed E-state index contributed by atoms with van der Waals surface area (Å²) in [5, 5.41) is 2.05. The fourth-order valence-corrected chi connectivity index (χ4v) is 4.46. The molecule has 1 aliphatic heterocycles. The number of aryl methyl sites for hydroxylation is 1. The number of carbonyl (C=O) groups is 2. The minimum Gasteiger partial charge on any atom is -0.334 e. The van der Waals surface area contributed by atoms with Gasteiger partial charge in [0.1, 0.15) is 0 Å². The molecule has 2 heterocycles. The zero-order valence-electron chi connectivity index (χ0n) is 15.1. The van der Waals surface area contributed by atoms with Crippen LogP contribution >= 0.6 is 11.3 Å². The van der Waals surface area contributed by atoms with E-state index < -0.39 is 0 Å². The van der Waals surface area contributed by atoms with Gasteiger partial charge in [0, 0.05) is 29.6 Å². The minimum atomic E-state index is -0.229. The van der Waals surface area contributed by atoms with Crippen molar-refractivity contribution in [3.63, 3.8) is 0 Å². The van der Waals surface area contributed by atoms with Crippen LogP contribution in [0.4, 0.5) is 5.69 Å². The minimum absolute atomic E-state index is 0.0659. The number of para-hydroxylation sites is 1. The Bertz CT molecular complexity index is 798. The molecule has 0 N–H and O–H groups in total. The van der Waals surface area contributed by atoms with Crippen molar-refractivity contribution in [3.8, 4) is 0 Å². The summed E-state index contributed by atoms with van der Waals surface area (Å²) in [6.07, 6.45) is 3.37. The van der Waals surface area contributed by atoms with Gasteiger partial charge in [0.05, 0.1) is 12.5 Å². The third-order valence-corrected chi connectivity index (χ3v) is 6.18. The maximum atomic E-state index is 13.2. The zero-order chi connectivity index (χ0) is 18.1. The Hall–Kier alpha value is -2.14. The molecule has 4 rings (SSSR count). The highest BCUT2D eigenvalue weighted by Crippen LogP contribution is 2.34. The second-order valence-corrected chi connectivity index (χ2v) is 8.20. The molecule has 1 saturated heterocycles. The van der Waals surface area contributed by atoms with Crippen molar-refractivity contribution >= 4 is 28.8 Å². The van der Waals surface area contributed by atoms with E-state index in [9.17, 15) is 9.59 Å². The van der Waals surface area contributed by atoms with Crippen molar-refractivity contribution in [2.45, 2.75) is 45.2 Å². The Morgan fingerprint density at radius 1 is 1.23 bits per heavy atom. The summed E-state index contributed by atoms with van der Waals surface area (Å²) in [6.45, 7) is 3.28. The monoisotopic (exact) mass is 368 g/mol. The summed E-state index contributed by atoms with van der Waals surface area (Å²) in [5.74, 6) is -0.0187. The quantitative estimate of drug-likeness (QED) is 0.777. The van der Waals surface area contributed by atoms with E-state index >= 15 is 0 Å². The fraction of sp³-hybridized carbons (Fsp3) is 0.429. The SMILES string of the molecule is CCc1ccccc1N1CC(C(=O)N(Cc2cccs2)C2CC2)CC1=O. The molecule has 0 bridgehead atoms. The first-order chi connectivity index (χ1) is 12.7. The van der Waals surface area contributed by atoms with Gasteiger partial charge in [0.15, 0.2) is 0 Å². The van der Waals surface area contributed by atoms with Crippen LogP contribution in [0.5, 0.6) is 0 Å². The van der Waals surface area contributed by atoms with Gasteiger partial charge in [-0.2, -0.15) is 0 Å². The Balaban J connectivity index is 1.51. The largest absolute Gasteiger partial charge is 0.334 e. The van der Waals surface area contributed by atoms with Crippen LogP contribution in [0, 0.1) is 5.92 Å². The summed E-state index contributed by atoms with van der Waals surface area (Å²) < 4.78 is 0. The number of hydrogen-bond donors (Lipinski definition) is 0. The fourth-order valence-electron chi connectivity index (χ4n) is 3.76. The Labute approximate surface area is 158 Å². The van der Waals surface area contributed by atoms with Crippen LogP contribution in [-0.4, -0.2) is 29.3 Å². The molecule has 26 heavy (non-hydrogen) atoms. The normalized spacial score (nSPS) is 19.8. The van der Waals surface area contributed by atoms with E-state index in [0.717, 1.165) is 30.5 Å². The molecule has 1 atom stereocenters. The van der Waals surface area contributed by atoms with E-state index in [0.29, 0.717) is 25.6 Å². The molecule has 0 spiro atoms. The van der Waals surface area contributed by atoms with E-state index in [-0.39, 0.29) is 17.7 Å². The van der Waals surface area contributed by atoms with Crippen molar-refractivity contribution in [1.29, 1.82) is 0 Å². The predicted molar refractivity (Wildman–Crippen MR) is 104 cm³/mol. The summed E-state index contributed by atoms with van der Waals surface area (Å²) in [6, 6.07) is 12.5. The molecule has 2 aliphatic rings. The van der Waals surface area contributed by atoms with Crippen molar-refractivity contribution in [1.82, 2.24) is 4.90 Å². The number of hydrogen-bond acceptors (Lipinski definition) is 3. The molecular weight excluding hydrogens is 344 g/mol. The topological polar surface area (TPSA) is 40.6 Å². The van der Waals surface area contributed by atoms with Gasteiger partial charge in [-0.05, 0) is 42.3 Å². The average Bonchev–Trinajstić information content (AvgIpc) is 3.23. The van der Waals surface area contributed by atoms with E-state index in [2.05, 4.69) is 19.1 Å². The molecule has 2 aromatic rings. The number of nitrogens with zero attached hydrogens (tertiary/aromatic N) is 2. The van der Waals surface area contributed by atoms with E-state index in [1.807, 2.05) is 39.4 Å². The van der Waals surface area contributed by atoms with Crippen LogP contribution in [0.3, 0.4) is 0 Å². The summed E-state index contributed by atoms with van der Waals surface area (Å²) in [4.78, 5) is 30.9. The zero-order valence-corrected chi connectivity index (χ0v) is 15.9. The first kappa shape index (κ1) is 17.3. The highest BCUT2D eigenvalue weighted by atomic mass is 32.1. The van der Waals surface area contributed by atoms with Crippen LogP contribution in [0.15, 0.2) is 41.8 Å². The number of thiophene rings is 1. The first-order valence-electron chi connectivity index (χ1n) is 9.38. The lowest BCUT2D eigenvalue weighted by molar-refractivity contribution is -0.137. The van der Waals surface area contributed by atoms with Crippen LogP contribution in [0.25, 0.3) is 0 Å². The van der Waals surface area contributed by atoms with Gasteiger partial charge in [-0.25, -0.2) is 0 Å². The smallest absolute Gasteiger partial charge is 0.228 e. The Morgan fingerprint density at radius 2 is 2.04 bits per heavy atom. The molecule has 2 amide bonds. The Kier molecular flexibility index (Phi) is 4.81. The van der Waals surface area contributed by atoms with Crippen LogP contribution in [-0.2, 0) is 22.6 Å². The molecule has 1 saturated carbocycles. The molecule has 1 unspecified atom stereocenters. The molecule has 1 aromatic heterocycles. The van der Waals surface area contributed by atoms with E-state index in [1.165, 1.54) is 4.88 Å². The molecule has 136 valence electrons. The summed E-state index contributed by atoms with van der Waals surface area (Å²) in [5.41, 5.74) is 2.12. The molecule has 1 aliphatic carbocycles.